The quantitative estimate of drug-likeness (QED) is 0.716. The SMILES string of the molecule is O=C(NCCc1nnc(-c2ccccc2)o1)NCC1(CO)CC1. The molecule has 0 unspecified atom stereocenters. The number of amides is 2. The fourth-order valence-corrected chi connectivity index (χ4v) is 2.23. The number of nitrogens with zero attached hydrogens (tertiary/aromatic N) is 2. The van der Waals surface area contributed by atoms with E-state index in [1.807, 2.05) is 30.3 Å². The molecule has 0 aliphatic heterocycles. The summed E-state index contributed by atoms with van der Waals surface area (Å²) >= 11 is 0. The highest BCUT2D eigenvalue weighted by molar-refractivity contribution is 5.73. The second kappa shape index (κ2) is 6.78. The van der Waals surface area contributed by atoms with Crippen LogP contribution in [0, 0.1) is 5.41 Å². The van der Waals surface area contributed by atoms with Gasteiger partial charge in [0.1, 0.15) is 0 Å². The van der Waals surface area contributed by atoms with Gasteiger partial charge >= 0.3 is 6.03 Å². The van der Waals surface area contributed by atoms with Crippen LogP contribution in [0.3, 0.4) is 0 Å². The van der Waals surface area contributed by atoms with Crippen molar-refractivity contribution in [2.45, 2.75) is 19.3 Å². The molecule has 2 amide bonds. The second-order valence-electron chi connectivity index (χ2n) is 5.88. The predicted octanol–water partition coefficient (Wildman–Crippen LogP) is 1.35. The maximum atomic E-state index is 11.7. The number of hydrogen-bond donors (Lipinski definition) is 3. The van der Waals surface area contributed by atoms with E-state index in [1.165, 1.54) is 0 Å². The average molecular weight is 316 g/mol. The third-order valence-corrected chi connectivity index (χ3v) is 4.03. The molecular weight excluding hydrogens is 296 g/mol. The Bertz CT molecular complexity index is 652. The Labute approximate surface area is 134 Å². The number of carbonyl (C=O) groups is 1. The Hall–Kier alpha value is -2.41. The molecule has 1 aliphatic carbocycles. The minimum Gasteiger partial charge on any atom is -0.421 e. The summed E-state index contributed by atoms with van der Waals surface area (Å²) in [6, 6.07) is 9.29. The Morgan fingerprint density at radius 3 is 2.70 bits per heavy atom. The first kappa shape index (κ1) is 15.5. The van der Waals surface area contributed by atoms with Gasteiger partial charge in [-0.1, -0.05) is 18.2 Å². The van der Waals surface area contributed by atoms with Crippen LogP contribution >= 0.6 is 0 Å². The number of rotatable bonds is 7. The van der Waals surface area contributed by atoms with Gasteiger partial charge in [0.15, 0.2) is 0 Å². The molecule has 1 aliphatic rings. The average Bonchev–Trinajstić information content (AvgIpc) is 3.23. The molecule has 7 heteroatoms. The van der Waals surface area contributed by atoms with Crippen LogP contribution in [0.5, 0.6) is 0 Å². The van der Waals surface area contributed by atoms with Crippen LogP contribution in [0.2, 0.25) is 0 Å². The number of aromatic nitrogens is 2. The molecule has 0 spiro atoms. The van der Waals surface area contributed by atoms with Crippen molar-refractivity contribution in [1.29, 1.82) is 0 Å². The van der Waals surface area contributed by atoms with E-state index < -0.39 is 0 Å². The Morgan fingerprint density at radius 1 is 1.22 bits per heavy atom. The molecule has 0 saturated heterocycles. The smallest absolute Gasteiger partial charge is 0.314 e. The maximum Gasteiger partial charge on any atom is 0.314 e. The molecule has 2 aromatic rings. The number of benzene rings is 1. The van der Waals surface area contributed by atoms with Gasteiger partial charge in [-0.05, 0) is 25.0 Å². The van der Waals surface area contributed by atoms with Crippen molar-refractivity contribution in [3.63, 3.8) is 0 Å². The molecule has 7 nitrogen and oxygen atoms in total. The van der Waals surface area contributed by atoms with E-state index in [9.17, 15) is 9.90 Å². The van der Waals surface area contributed by atoms with Crippen LogP contribution in [0.25, 0.3) is 11.5 Å². The lowest BCUT2D eigenvalue weighted by Gasteiger charge is -2.12. The summed E-state index contributed by atoms with van der Waals surface area (Å²) in [6.07, 6.45) is 2.40. The number of carbonyl (C=O) groups excluding carboxylic acids is 1. The van der Waals surface area contributed by atoms with Crippen LogP contribution in [0.4, 0.5) is 4.79 Å². The zero-order valence-electron chi connectivity index (χ0n) is 12.8. The van der Waals surface area contributed by atoms with E-state index in [4.69, 9.17) is 4.42 Å². The minimum atomic E-state index is -0.243. The topological polar surface area (TPSA) is 100 Å². The summed E-state index contributed by atoms with van der Waals surface area (Å²) in [5, 5.41) is 22.7. The van der Waals surface area contributed by atoms with Crippen molar-refractivity contribution in [2.24, 2.45) is 5.41 Å². The summed E-state index contributed by atoms with van der Waals surface area (Å²) < 4.78 is 5.57. The number of hydrogen-bond acceptors (Lipinski definition) is 5. The van der Waals surface area contributed by atoms with Gasteiger partial charge in [-0.2, -0.15) is 0 Å². The summed E-state index contributed by atoms with van der Waals surface area (Å²) in [7, 11) is 0. The molecule has 23 heavy (non-hydrogen) atoms. The molecule has 122 valence electrons. The Balaban J connectivity index is 1.41. The molecule has 3 N–H and O–H groups in total. The standard InChI is InChI=1S/C16H20N4O3/c21-11-16(7-8-16)10-18-15(22)17-9-6-13-19-20-14(23-13)12-4-2-1-3-5-12/h1-5,21H,6-11H2,(H2,17,18,22). The first-order valence-electron chi connectivity index (χ1n) is 7.71. The van der Waals surface area contributed by atoms with E-state index in [1.54, 1.807) is 0 Å². The molecular formula is C16H20N4O3. The second-order valence-corrected chi connectivity index (χ2v) is 5.88. The highest BCUT2D eigenvalue weighted by atomic mass is 16.4. The van der Waals surface area contributed by atoms with Gasteiger partial charge in [0.2, 0.25) is 11.8 Å². The van der Waals surface area contributed by atoms with Crippen molar-refractivity contribution in [2.75, 3.05) is 19.7 Å². The fourth-order valence-electron chi connectivity index (χ4n) is 2.23. The normalized spacial score (nSPS) is 15.2. The minimum absolute atomic E-state index is 0.0889. The first-order valence-corrected chi connectivity index (χ1v) is 7.71. The molecule has 1 saturated carbocycles. The van der Waals surface area contributed by atoms with Crippen LogP contribution in [0.1, 0.15) is 18.7 Å². The van der Waals surface area contributed by atoms with Crippen molar-refractivity contribution in [3.05, 3.63) is 36.2 Å². The zero-order valence-corrected chi connectivity index (χ0v) is 12.8. The van der Waals surface area contributed by atoms with Crippen LogP contribution in [-0.4, -0.2) is 41.0 Å². The summed E-state index contributed by atoms with van der Waals surface area (Å²) in [5.74, 6) is 0.960. The van der Waals surface area contributed by atoms with Gasteiger partial charge in [-0.15, -0.1) is 10.2 Å². The molecule has 0 bridgehead atoms. The molecule has 0 radical (unpaired) electrons. The summed E-state index contributed by atoms with van der Waals surface area (Å²) in [6.45, 7) is 1.04. The van der Waals surface area contributed by atoms with Crippen molar-refractivity contribution < 1.29 is 14.3 Å². The van der Waals surface area contributed by atoms with Crippen molar-refractivity contribution in [1.82, 2.24) is 20.8 Å². The van der Waals surface area contributed by atoms with Crippen LogP contribution < -0.4 is 10.6 Å². The first-order chi connectivity index (χ1) is 11.2. The monoisotopic (exact) mass is 316 g/mol. The molecule has 1 aromatic heterocycles. The number of aliphatic hydroxyl groups excluding tert-OH is 1. The number of urea groups is 1. The Morgan fingerprint density at radius 2 is 2.00 bits per heavy atom. The lowest BCUT2D eigenvalue weighted by atomic mass is 10.1. The van der Waals surface area contributed by atoms with Crippen LogP contribution in [-0.2, 0) is 6.42 Å². The van der Waals surface area contributed by atoms with E-state index in [0.29, 0.717) is 31.3 Å². The van der Waals surface area contributed by atoms with Crippen LogP contribution in [0.15, 0.2) is 34.7 Å². The number of nitrogens with one attached hydrogen (secondary N) is 2. The highest BCUT2D eigenvalue weighted by Crippen LogP contribution is 2.44. The molecule has 1 heterocycles. The third kappa shape index (κ3) is 4.07. The molecule has 3 rings (SSSR count). The third-order valence-electron chi connectivity index (χ3n) is 4.03. The van der Waals surface area contributed by atoms with Crippen molar-refractivity contribution in [3.8, 4) is 11.5 Å². The van der Waals surface area contributed by atoms with Gasteiger partial charge in [-0.25, -0.2) is 4.79 Å². The Kier molecular flexibility index (Phi) is 4.57. The lowest BCUT2D eigenvalue weighted by molar-refractivity contribution is 0.203. The molecule has 0 atom stereocenters. The van der Waals surface area contributed by atoms with E-state index >= 15 is 0 Å². The van der Waals surface area contributed by atoms with Gasteiger partial charge in [0.25, 0.3) is 0 Å². The van der Waals surface area contributed by atoms with Gasteiger partial charge < -0.3 is 20.2 Å². The van der Waals surface area contributed by atoms with Gasteiger partial charge in [0.05, 0.1) is 6.61 Å². The van der Waals surface area contributed by atoms with Gasteiger partial charge in [-0.3, -0.25) is 0 Å². The largest absolute Gasteiger partial charge is 0.421 e. The lowest BCUT2D eigenvalue weighted by Crippen LogP contribution is -2.40. The summed E-state index contributed by atoms with van der Waals surface area (Å²) in [4.78, 5) is 11.7. The number of aliphatic hydroxyl groups is 1. The maximum absolute atomic E-state index is 11.7. The highest BCUT2D eigenvalue weighted by Gasteiger charge is 2.42. The predicted molar refractivity (Wildman–Crippen MR) is 83.6 cm³/mol. The van der Waals surface area contributed by atoms with E-state index in [0.717, 1.165) is 18.4 Å². The molecule has 1 aromatic carbocycles. The van der Waals surface area contributed by atoms with Crippen molar-refractivity contribution >= 4 is 6.03 Å². The fraction of sp³-hybridized carbons (Fsp3) is 0.438. The van der Waals surface area contributed by atoms with Gasteiger partial charge in [0, 0.05) is 30.5 Å². The van der Waals surface area contributed by atoms with E-state index in [-0.39, 0.29) is 18.1 Å². The summed E-state index contributed by atoms with van der Waals surface area (Å²) in [5.41, 5.74) is 0.782. The molecule has 1 fully saturated rings. The van der Waals surface area contributed by atoms with E-state index in [2.05, 4.69) is 20.8 Å². The zero-order chi connectivity index (χ0) is 16.1.